The summed E-state index contributed by atoms with van der Waals surface area (Å²) in [6.07, 6.45) is 0. The number of nitrogen functional groups attached to an aromatic ring is 1. The molecule has 1 heteroatoms. The molecule has 1 aromatic carbocycles. The lowest BCUT2D eigenvalue weighted by atomic mass is 9.54. The first-order valence-corrected chi connectivity index (χ1v) is 6.37. The molecule has 1 nitrogen and oxygen atoms in total. The Morgan fingerprint density at radius 1 is 1.06 bits per heavy atom. The van der Waals surface area contributed by atoms with Gasteiger partial charge in [-0.1, -0.05) is 39.8 Å². The van der Waals surface area contributed by atoms with Crippen LogP contribution in [0.1, 0.15) is 39.2 Å². The van der Waals surface area contributed by atoms with E-state index in [2.05, 4.69) is 45.9 Å². The molecule has 16 heavy (non-hydrogen) atoms. The van der Waals surface area contributed by atoms with E-state index in [0.29, 0.717) is 5.92 Å². The zero-order valence-electron chi connectivity index (χ0n) is 10.8. The van der Waals surface area contributed by atoms with E-state index in [1.807, 2.05) is 6.07 Å². The predicted octanol–water partition coefficient (Wildman–Crippen LogP) is 3.91. The third kappa shape index (κ3) is 1.73. The van der Waals surface area contributed by atoms with Crippen LogP contribution in [0.2, 0.25) is 0 Å². The molecule has 1 saturated carbocycles. The lowest BCUT2D eigenvalue weighted by Crippen LogP contribution is -2.44. The van der Waals surface area contributed by atoms with Crippen molar-refractivity contribution in [1.29, 1.82) is 0 Å². The summed E-state index contributed by atoms with van der Waals surface area (Å²) < 4.78 is 0. The van der Waals surface area contributed by atoms with Gasteiger partial charge in [-0.25, -0.2) is 0 Å². The second kappa shape index (κ2) is 4.12. The van der Waals surface area contributed by atoms with Crippen molar-refractivity contribution >= 4 is 5.69 Å². The van der Waals surface area contributed by atoms with E-state index in [1.165, 1.54) is 5.56 Å². The fourth-order valence-corrected chi connectivity index (χ4v) is 3.49. The molecule has 2 rings (SSSR count). The van der Waals surface area contributed by atoms with E-state index in [0.717, 1.165) is 29.4 Å². The minimum absolute atomic E-state index is 0.629. The molecule has 88 valence electrons. The van der Waals surface area contributed by atoms with Crippen LogP contribution in [0.5, 0.6) is 0 Å². The second-order valence-corrected chi connectivity index (χ2v) is 5.61. The van der Waals surface area contributed by atoms with Gasteiger partial charge in [0.25, 0.3) is 0 Å². The summed E-state index contributed by atoms with van der Waals surface area (Å²) in [7, 11) is 0. The van der Waals surface area contributed by atoms with Crippen LogP contribution < -0.4 is 5.73 Å². The summed E-state index contributed by atoms with van der Waals surface area (Å²) in [6, 6.07) is 8.38. The van der Waals surface area contributed by atoms with Gasteiger partial charge < -0.3 is 5.73 Å². The molecule has 0 aliphatic heterocycles. The van der Waals surface area contributed by atoms with Crippen LogP contribution in [-0.2, 0) is 0 Å². The summed E-state index contributed by atoms with van der Waals surface area (Å²) in [5, 5.41) is 0. The number of nitrogens with two attached hydrogens (primary N) is 1. The minimum atomic E-state index is 0.629. The minimum Gasteiger partial charge on any atom is -0.399 e. The van der Waals surface area contributed by atoms with E-state index in [4.69, 9.17) is 5.73 Å². The fourth-order valence-electron chi connectivity index (χ4n) is 3.49. The molecule has 2 N–H and O–H groups in total. The highest BCUT2D eigenvalue weighted by Gasteiger charge is 2.44. The highest BCUT2D eigenvalue weighted by molar-refractivity contribution is 5.42. The summed E-state index contributed by atoms with van der Waals surface area (Å²) in [5.41, 5.74) is 8.14. The van der Waals surface area contributed by atoms with Gasteiger partial charge >= 0.3 is 0 Å². The molecule has 0 bridgehead atoms. The number of hydrogen-bond donors (Lipinski definition) is 1. The molecule has 1 aromatic rings. The highest BCUT2D eigenvalue weighted by atomic mass is 14.5. The Morgan fingerprint density at radius 2 is 1.69 bits per heavy atom. The molecule has 0 radical (unpaired) electrons. The van der Waals surface area contributed by atoms with Crippen LogP contribution in [0.25, 0.3) is 0 Å². The molecule has 3 unspecified atom stereocenters. The Morgan fingerprint density at radius 3 is 2.25 bits per heavy atom. The maximum atomic E-state index is 5.85. The van der Waals surface area contributed by atoms with Crippen LogP contribution in [0.4, 0.5) is 5.69 Å². The Hall–Kier alpha value is -0.980. The standard InChI is InChI=1S/C15H23N/c1-9-10(2)15(11(9)3)12(4)13-6-5-7-14(16)8-13/h5-12,15H,16H2,1-4H3. The first-order valence-electron chi connectivity index (χ1n) is 6.37. The summed E-state index contributed by atoms with van der Waals surface area (Å²) >= 11 is 0. The Kier molecular flexibility index (Phi) is 2.96. The van der Waals surface area contributed by atoms with Gasteiger partial charge in [0.1, 0.15) is 0 Å². The number of anilines is 1. The lowest BCUT2D eigenvalue weighted by molar-refractivity contribution is -0.000766. The van der Waals surface area contributed by atoms with Crippen LogP contribution >= 0.6 is 0 Å². The number of rotatable bonds is 2. The monoisotopic (exact) mass is 217 g/mol. The molecular weight excluding hydrogens is 194 g/mol. The largest absolute Gasteiger partial charge is 0.399 e. The topological polar surface area (TPSA) is 26.0 Å². The van der Waals surface area contributed by atoms with Crippen molar-refractivity contribution in [3.63, 3.8) is 0 Å². The van der Waals surface area contributed by atoms with E-state index in [-0.39, 0.29) is 0 Å². The third-order valence-electron chi connectivity index (χ3n) is 4.89. The van der Waals surface area contributed by atoms with Crippen molar-refractivity contribution in [3.05, 3.63) is 29.8 Å². The summed E-state index contributed by atoms with van der Waals surface area (Å²) in [6.45, 7) is 9.49. The SMILES string of the molecule is CC(c1cccc(N)c1)C1C(C)C(C)C1C. The van der Waals surface area contributed by atoms with E-state index in [1.54, 1.807) is 0 Å². The van der Waals surface area contributed by atoms with E-state index < -0.39 is 0 Å². The third-order valence-corrected chi connectivity index (χ3v) is 4.89. The quantitative estimate of drug-likeness (QED) is 0.747. The summed E-state index contributed by atoms with van der Waals surface area (Å²) in [4.78, 5) is 0. The number of benzene rings is 1. The van der Waals surface area contributed by atoms with Crippen LogP contribution in [0.15, 0.2) is 24.3 Å². The molecular formula is C15H23N. The molecule has 3 atom stereocenters. The smallest absolute Gasteiger partial charge is 0.0316 e. The van der Waals surface area contributed by atoms with Crippen LogP contribution in [-0.4, -0.2) is 0 Å². The zero-order chi connectivity index (χ0) is 11.9. The Bertz CT molecular complexity index is 361. The van der Waals surface area contributed by atoms with Gasteiger partial charge in [0.15, 0.2) is 0 Å². The molecule has 0 heterocycles. The molecule has 0 spiro atoms. The van der Waals surface area contributed by atoms with E-state index >= 15 is 0 Å². The van der Waals surface area contributed by atoms with Gasteiger partial charge in [-0.15, -0.1) is 0 Å². The van der Waals surface area contributed by atoms with Crippen molar-refractivity contribution in [2.45, 2.75) is 33.6 Å². The lowest BCUT2D eigenvalue weighted by Gasteiger charge is -2.51. The van der Waals surface area contributed by atoms with Crippen LogP contribution in [0.3, 0.4) is 0 Å². The van der Waals surface area contributed by atoms with Crippen LogP contribution in [0, 0.1) is 23.7 Å². The Balaban J connectivity index is 2.17. The average Bonchev–Trinajstić information content (AvgIpc) is 2.28. The summed E-state index contributed by atoms with van der Waals surface area (Å²) in [5.74, 6) is 3.99. The zero-order valence-corrected chi connectivity index (χ0v) is 10.8. The van der Waals surface area contributed by atoms with Gasteiger partial charge in [-0.05, 0) is 47.3 Å². The van der Waals surface area contributed by atoms with Crippen molar-refractivity contribution in [1.82, 2.24) is 0 Å². The van der Waals surface area contributed by atoms with Gasteiger partial charge in [0.2, 0.25) is 0 Å². The second-order valence-electron chi connectivity index (χ2n) is 5.61. The molecule has 1 aliphatic rings. The fraction of sp³-hybridized carbons (Fsp3) is 0.600. The van der Waals surface area contributed by atoms with Gasteiger partial charge in [0, 0.05) is 5.69 Å². The first-order chi connectivity index (χ1) is 7.52. The predicted molar refractivity (Wildman–Crippen MR) is 70.3 cm³/mol. The molecule has 0 amide bonds. The van der Waals surface area contributed by atoms with Crippen molar-refractivity contribution in [2.75, 3.05) is 5.73 Å². The van der Waals surface area contributed by atoms with Crippen molar-refractivity contribution < 1.29 is 0 Å². The van der Waals surface area contributed by atoms with Gasteiger partial charge in [-0.3, -0.25) is 0 Å². The molecule has 0 aromatic heterocycles. The molecule has 1 fully saturated rings. The maximum Gasteiger partial charge on any atom is 0.0316 e. The Labute approximate surface area is 99.0 Å². The highest BCUT2D eigenvalue weighted by Crippen LogP contribution is 2.52. The first kappa shape index (κ1) is 11.5. The molecule has 1 aliphatic carbocycles. The van der Waals surface area contributed by atoms with Crippen molar-refractivity contribution in [3.8, 4) is 0 Å². The normalized spacial score (nSPS) is 35.5. The van der Waals surface area contributed by atoms with Crippen molar-refractivity contribution in [2.24, 2.45) is 23.7 Å². The van der Waals surface area contributed by atoms with Gasteiger partial charge in [-0.2, -0.15) is 0 Å². The van der Waals surface area contributed by atoms with Gasteiger partial charge in [0.05, 0.1) is 0 Å². The average molecular weight is 217 g/mol. The number of hydrogen-bond acceptors (Lipinski definition) is 1. The molecule has 0 saturated heterocycles. The van der Waals surface area contributed by atoms with E-state index in [9.17, 15) is 0 Å². The maximum absolute atomic E-state index is 5.85.